The second-order valence-corrected chi connectivity index (χ2v) is 3.53. The van der Waals surface area contributed by atoms with Crippen LogP contribution in [-0.2, 0) is 4.79 Å². The normalized spacial score (nSPS) is 17.0. The number of anilines is 1. The highest BCUT2D eigenvalue weighted by Crippen LogP contribution is 2.19. The summed E-state index contributed by atoms with van der Waals surface area (Å²) in [5.74, 6) is 0.931. The minimum absolute atomic E-state index is 0.0605. The highest BCUT2D eigenvalue weighted by molar-refractivity contribution is 5.82. The molecular formula is C10H12N2O3. The van der Waals surface area contributed by atoms with Crippen LogP contribution in [-0.4, -0.2) is 43.8 Å². The number of nitrogens with zero attached hydrogens (tertiary/aromatic N) is 2. The molecule has 1 saturated heterocycles. The first kappa shape index (κ1) is 9.76. The minimum atomic E-state index is 0.0605. The van der Waals surface area contributed by atoms with E-state index in [0.29, 0.717) is 25.3 Å². The maximum Gasteiger partial charge on any atom is 0.242 e. The molecule has 2 heterocycles. The van der Waals surface area contributed by atoms with Gasteiger partial charge in [-0.2, -0.15) is 0 Å². The lowest BCUT2D eigenvalue weighted by Crippen LogP contribution is -2.48. The van der Waals surface area contributed by atoms with Crippen molar-refractivity contribution in [2.24, 2.45) is 0 Å². The number of aldehydes is 1. The van der Waals surface area contributed by atoms with Gasteiger partial charge in [-0.25, -0.2) is 0 Å². The number of carbonyl (C=O) groups excluding carboxylic acids is 2. The van der Waals surface area contributed by atoms with Crippen LogP contribution >= 0.6 is 0 Å². The Balaban J connectivity index is 2.11. The van der Waals surface area contributed by atoms with Gasteiger partial charge in [0.2, 0.25) is 5.91 Å². The van der Waals surface area contributed by atoms with E-state index in [-0.39, 0.29) is 11.7 Å². The second kappa shape index (κ2) is 3.76. The maximum atomic E-state index is 11.4. The molecule has 0 unspecified atom stereocenters. The van der Waals surface area contributed by atoms with E-state index in [9.17, 15) is 9.59 Å². The topological polar surface area (TPSA) is 53.8 Å². The van der Waals surface area contributed by atoms with Crippen LogP contribution in [0.15, 0.2) is 16.5 Å². The molecule has 0 bridgehead atoms. The predicted molar refractivity (Wildman–Crippen MR) is 53.9 cm³/mol. The lowest BCUT2D eigenvalue weighted by atomic mass is 10.3. The largest absolute Gasteiger partial charge is 0.438 e. The molecule has 2 rings (SSSR count). The summed E-state index contributed by atoms with van der Waals surface area (Å²) in [6.45, 7) is 1.71. The SMILES string of the molecule is CN1CCN(c2ccc(C=O)o2)CC1=O. The summed E-state index contributed by atoms with van der Waals surface area (Å²) < 4.78 is 5.24. The highest BCUT2D eigenvalue weighted by atomic mass is 16.4. The molecule has 0 saturated carbocycles. The Hall–Kier alpha value is -1.78. The van der Waals surface area contributed by atoms with E-state index in [1.165, 1.54) is 0 Å². The van der Waals surface area contributed by atoms with Gasteiger partial charge in [0.1, 0.15) is 0 Å². The van der Waals surface area contributed by atoms with Gasteiger partial charge >= 0.3 is 0 Å². The Labute approximate surface area is 87.3 Å². The lowest BCUT2D eigenvalue weighted by molar-refractivity contribution is -0.129. The van der Waals surface area contributed by atoms with Gasteiger partial charge in [-0.1, -0.05) is 0 Å². The van der Waals surface area contributed by atoms with E-state index in [4.69, 9.17) is 4.42 Å². The Kier molecular flexibility index (Phi) is 2.45. The standard InChI is InChI=1S/C10H12N2O3/c1-11-4-5-12(6-9(11)14)10-3-2-8(7-13)15-10/h2-3,7H,4-6H2,1H3. The molecule has 0 N–H and O–H groups in total. The number of hydrogen-bond acceptors (Lipinski definition) is 4. The van der Waals surface area contributed by atoms with Crippen LogP contribution in [0.3, 0.4) is 0 Å². The van der Waals surface area contributed by atoms with Crippen molar-refractivity contribution in [3.63, 3.8) is 0 Å². The maximum absolute atomic E-state index is 11.4. The number of piperazine rings is 1. The van der Waals surface area contributed by atoms with E-state index in [1.807, 2.05) is 4.90 Å². The van der Waals surface area contributed by atoms with E-state index in [1.54, 1.807) is 24.1 Å². The third-order valence-electron chi connectivity index (χ3n) is 2.50. The fraction of sp³-hybridized carbons (Fsp3) is 0.400. The first-order valence-electron chi connectivity index (χ1n) is 4.74. The highest BCUT2D eigenvalue weighted by Gasteiger charge is 2.22. The van der Waals surface area contributed by atoms with Crippen molar-refractivity contribution in [1.29, 1.82) is 0 Å². The molecule has 1 amide bonds. The summed E-state index contributed by atoms with van der Waals surface area (Å²) in [6.07, 6.45) is 0.654. The summed E-state index contributed by atoms with van der Waals surface area (Å²) in [5, 5.41) is 0. The Morgan fingerprint density at radius 2 is 2.20 bits per heavy atom. The number of rotatable bonds is 2. The molecule has 1 aliphatic rings. The van der Waals surface area contributed by atoms with Crippen molar-refractivity contribution in [1.82, 2.24) is 4.90 Å². The van der Waals surface area contributed by atoms with Gasteiger partial charge in [0.25, 0.3) is 0 Å². The van der Waals surface area contributed by atoms with Gasteiger partial charge in [0.05, 0.1) is 6.54 Å². The second-order valence-electron chi connectivity index (χ2n) is 3.53. The van der Waals surface area contributed by atoms with Gasteiger partial charge in [-0.05, 0) is 6.07 Å². The van der Waals surface area contributed by atoms with Crippen LogP contribution < -0.4 is 4.90 Å². The minimum Gasteiger partial charge on any atom is -0.438 e. The summed E-state index contributed by atoms with van der Waals surface area (Å²) >= 11 is 0. The van der Waals surface area contributed by atoms with Crippen molar-refractivity contribution in [3.8, 4) is 0 Å². The molecule has 0 spiro atoms. The Bertz CT molecular complexity index is 386. The van der Waals surface area contributed by atoms with Crippen molar-refractivity contribution < 1.29 is 14.0 Å². The molecule has 0 aromatic carbocycles. The van der Waals surface area contributed by atoms with Crippen molar-refractivity contribution in [2.75, 3.05) is 31.6 Å². The first-order chi connectivity index (χ1) is 7.20. The average molecular weight is 208 g/mol. The summed E-state index contributed by atoms with van der Waals surface area (Å²) in [6, 6.07) is 3.31. The Morgan fingerprint density at radius 3 is 2.80 bits per heavy atom. The summed E-state index contributed by atoms with van der Waals surface area (Å²) in [7, 11) is 1.78. The van der Waals surface area contributed by atoms with Crippen LogP contribution in [0.25, 0.3) is 0 Å². The molecular weight excluding hydrogens is 196 g/mol. The third kappa shape index (κ3) is 1.86. The van der Waals surface area contributed by atoms with Gasteiger partial charge in [-0.3, -0.25) is 9.59 Å². The van der Waals surface area contributed by atoms with Crippen LogP contribution in [0.5, 0.6) is 0 Å². The molecule has 5 heteroatoms. The van der Waals surface area contributed by atoms with E-state index < -0.39 is 0 Å². The van der Waals surface area contributed by atoms with Crippen molar-refractivity contribution in [3.05, 3.63) is 17.9 Å². The molecule has 5 nitrogen and oxygen atoms in total. The van der Waals surface area contributed by atoms with Gasteiger partial charge in [0, 0.05) is 26.2 Å². The number of hydrogen-bond donors (Lipinski definition) is 0. The molecule has 80 valence electrons. The first-order valence-corrected chi connectivity index (χ1v) is 4.74. The molecule has 1 aliphatic heterocycles. The zero-order valence-corrected chi connectivity index (χ0v) is 8.47. The van der Waals surface area contributed by atoms with Crippen molar-refractivity contribution >= 4 is 18.1 Å². The molecule has 0 aliphatic carbocycles. The lowest BCUT2D eigenvalue weighted by Gasteiger charge is -2.31. The van der Waals surface area contributed by atoms with Crippen LogP contribution in [0.4, 0.5) is 5.88 Å². The fourth-order valence-electron chi connectivity index (χ4n) is 1.52. The van der Waals surface area contributed by atoms with Crippen LogP contribution in [0.1, 0.15) is 10.6 Å². The van der Waals surface area contributed by atoms with Crippen LogP contribution in [0, 0.1) is 0 Å². The quantitative estimate of drug-likeness (QED) is 0.659. The van der Waals surface area contributed by atoms with E-state index in [2.05, 4.69) is 0 Å². The fourth-order valence-corrected chi connectivity index (χ4v) is 1.52. The van der Waals surface area contributed by atoms with Gasteiger partial charge in [-0.15, -0.1) is 0 Å². The molecule has 15 heavy (non-hydrogen) atoms. The summed E-state index contributed by atoms with van der Waals surface area (Å²) in [4.78, 5) is 25.4. The smallest absolute Gasteiger partial charge is 0.242 e. The number of carbonyl (C=O) groups is 2. The molecule has 0 radical (unpaired) electrons. The Morgan fingerprint density at radius 1 is 1.40 bits per heavy atom. The monoisotopic (exact) mass is 208 g/mol. The number of amides is 1. The number of furan rings is 1. The molecule has 1 fully saturated rings. The third-order valence-corrected chi connectivity index (χ3v) is 2.50. The number of likely N-dealkylation sites (N-methyl/N-ethyl adjacent to an activating group) is 1. The zero-order chi connectivity index (χ0) is 10.8. The zero-order valence-electron chi connectivity index (χ0n) is 8.47. The summed E-state index contributed by atoms with van der Waals surface area (Å²) in [5.41, 5.74) is 0. The average Bonchev–Trinajstić information content (AvgIpc) is 2.70. The van der Waals surface area contributed by atoms with E-state index in [0.717, 1.165) is 6.54 Å². The van der Waals surface area contributed by atoms with E-state index >= 15 is 0 Å². The van der Waals surface area contributed by atoms with Crippen LogP contribution in [0.2, 0.25) is 0 Å². The molecule has 1 aromatic rings. The molecule has 0 atom stereocenters. The van der Waals surface area contributed by atoms with Gasteiger partial charge < -0.3 is 14.2 Å². The predicted octanol–water partition coefficient (Wildman–Crippen LogP) is 0.371. The molecule has 1 aromatic heterocycles. The van der Waals surface area contributed by atoms with Crippen molar-refractivity contribution in [2.45, 2.75) is 0 Å². The van der Waals surface area contributed by atoms with Gasteiger partial charge in [0.15, 0.2) is 17.9 Å².